The first-order chi connectivity index (χ1) is 15.7. The Morgan fingerprint density at radius 1 is 0.750 bits per heavy atom. The Labute approximate surface area is 189 Å². The van der Waals surface area contributed by atoms with E-state index >= 15 is 0 Å². The standard InChI is InChI=1S/C27H30N2O3/c30-27(31)25-9-4-8-24(18-25)20-29-15-5-14-28(16-17-29)19-22-10-12-26(13-11-22)32-21-23-6-2-1-3-7-23/h1-4,6-13,18H,5,14-17,19-21H2,(H,30,31). The molecule has 1 fully saturated rings. The number of ether oxygens (including phenoxy) is 1. The van der Waals surface area contributed by atoms with E-state index in [1.165, 1.54) is 11.1 Å². The predicted molar refractivity (Wildman–Crippen MR) is 126 cm³/mol. The Morgan fingerprint density at radius 2 is 1.41 bits per heavy atom. The smallest absolute Gasteiger partial charge is 0.335 e. The highest BCUT2D eigenvalue weighted by atomic mass is 16.5. The number of hydrogen-bond acceptors (Lipinski definition) is 4. The summed E-state index contributed by atoms with van der Waals surface area (Å²) in [5.74, 6) is 0.0219. The molecule has 32 heavy (non-hydrogen) atoms. The van der Waals surface area contributed by atoms with Crippen LogP contribution in [0.2, 0.25) is 0 Å². The molecular formula is C27H30N2O3. The normalized spacial score (nSPS) is 15.2. The van der Waals surface area contributed by atoms with Crippen LogP contribution in [0.4, 0.5) is 0 Å². The SMILES string of the molecule is O=C(O)c1cccc(CN2CCCN(Cc3ccc(OCc4ccccc4)cc3)CC2)c1. The van der Waals surface area contributed by atoms with Crippen molar-refractivity contribution < 1.29 is 14.6 Å². The maximum atomic E-state index is 11.2. The van der Waals surface area contributed by atoms with Crippen LogP contribution in [-0.2, 0) is 19.7 Å². The van der Waals surface area contributed by atoms with E-state index in [0.29, 0.717) is 12.2 Å². The molecule has 0 aromatic heterocycles. The highest BCUT2D eigenvalue weighted by molar-refractivity contribution is 5.87. The first-order valence-electron chi connectivity index (χ1n) is 11.2. The molecule has 0 saturated carbocycles. The van der Waals surface area contributed by atoms with Crippen molar-refractivity contribution in [3.8, 4) is 5.75 Å². The van der Waals surface area contributed by atoms with Gasteiger partial charge in [-0.05, 0) is 60.5 Å². The van der Waals surface area contributed by atoms with E-state index < -0.39 is 5.97 Å². The number of nitrogens with zero attached hydrogens (tertiary/aromatic N) is 2. The highest BCUT2D eigenvalue weighted by Crippen LogP contribution is 2.17. The van der Waals surface area contributed by atoms with Crippen LogP contribution in [0.25, 0.3) is 0 Å². The van der Waals surface area contributed by atoms with E-state index in [9.17, 15) is 9.90 Å². The number of aromatic carboxylic acids is 1. The number of rotatable bonds is 8. The molecule has 4 rings (SSSR count). The van der Waals surface area contributed by atoms with Gasteiger partial charge in [0.05, 0.1) is 5.56 Å². The van der Waals surface area contributed by atoms with Crippen LogP contribution in [-0.4, -0.2) is 47.1 Å². The van der Waals surface area contributed by atoms with Gasteiger partial charge in [-0.3, -0.25) is 9.80 Å². The lowest BCUT2D eigenvalue weighted by Crippen LogP contribution is -2.30. The maximum absolute atomic E-state index is 11.2. The summed E-state index contributed by atoms with van der Waals surface area (Å²) < 4.78 is 5.89. The fourth-order valence-corrected chi connectivity index (χ4v) is 4.09. The zero-order valence-corrected chi connectivity index (χ0v) is 18.3. The Balaban J connectivity index is 1.25. The summed E-state index contributed by atoms with van der Waals surface area (Å²) in [5.41, 5.74) is 3.87. The van der Waals surface area contributed by atoms with Crippen molar-refractivity contribution in [2.24, 2.45) is 0 Å². The molecule has 1 aliphatic rings. The highest BCUT2D eigenvalue weighted by Gasteiger charge is 2.16. The largest absolute Gasteiger partial charge is 0.489 e. The number of carboxylic acids is 1. The maximum Gasteiger partial charge on any atom is 0.335 e. The Morgan fingerprint density at radius 3 is 2.09 bits per heavy atom. The summed E-state index contributed by atoms with van der Waals surface area (Å²) >= 11 is 0. The molecule has 0 radical (unpaired) electrons. The second-order valence-electron chi connectivity index (χ2n) is 8.33. The van der Waals surface area contributed by atoms with Crippen LogP contribution < -0.4 is 4.74 Å². The molecule has 0 aliphatic carbocycles. The van der Waals surface area contributed by atoms with E-state index in [1.807, 2.05) is 30.3 Å². The molecule has 3 aromatic carbocycles. The summed E-state index contributed by atoms with van der Waals surface area (Å²) in [6, 6.07) is 25.9. The second-order valence-corrected chi connectivity index (χ2v) is 8.33. The average molecular weight is 431 g/mol. The summed E-state index contributed by atoms with van der Waals surface area (Å²) in [6.07, 6.45) is 1.11. The third-order valence-electron chi connectivity index (χ3n) is 5.84. The topological polar surface area (TPSA) is 53.0 Å². The molecule has 0 amide bonds. The fraction of sp³-hybridized carbons (Fsp3) is 0.296. The lowest BCUT2D eigenvalue weighted by molar-refractivity contribution is 0.0696. The average Bonchev–Trinajstić information content (AvgIpc) is 3.04. The lowest BCUT2D eigenvalue weighted by atomic mass is 10.1. The fourth-order valence-electron chi connectivity index (χ4n) is 4.09. The van der Waals surface area contributed by atoms with E-state index in [-0.39, 0.29) is 0 Å². The van der Waals surface area contributed by atoms with Crippen LogP contribution in [0, 0.1) is 0 Å². The van der Waals surface area contributed by atoms with E-state index in [1.54, 1.807) is 12.1 Å². The van der Waals surface area contributed by atoms with E-state index in [2.05, 4.69) is 46.2 Å². The van der Waals surface area contributed by atoms with E-state index in [4.69, 9.17) is 4.74 Å². The molecule has 0 atom stereocenters. The molecule has 1 N–H and O–H groups in total. The van der Waals surface area contributed by atoms with Crippen molar-refractivity contribution in [1.82, 2.24) is 9.80 Å². The summed E-state index contributed by atoms with van der Waals surface area (Å²) in [7, 11) is 0. The van der Waals surface area contributed by atoms with Crippen molar-refractivity contribution in [2.75, 3.05) is 26.2 Å². The number of hydrogen-bond donors (Lipinski definition) is 1. The van der Waals surface area contributed by atoms with Gasteiger partial charge in [0.25, 0.3) is 0 Å². The van der Waals surface area contributed by atoms with Gasteiger partial charge < -0.3 is 9.84 Å². The molecule has 166 valence electrons. The molecule has 5 nitrogen and oxygen atoms in total. The molecular weight excluding hydrogens is 400 g/mol. The molecule has 5 heteroatoms. The van der Waals surface area contributed by atoms with Crippen LogP contribution in [0.1, 0.15) is 33.5 Å². The van der Waals surface area contributed by atoms with Crippen molar-refractivity contribution in [3.63, 3.8) is 0 Å². The van der Waals surface area contributed by atoms with E-state index in [0.717, 1.165) is 57.0 Å². The zero-order valence-electron chi connectivity index (χ0n) is 18.3. The number of carbonyl (C=O) groups is 1. The number of carboxylic acid groups (broad SMARTS) is 1. The molecule has 1 heterocycles. The molecule has 1 saturated heterocycles. The van der Waals surface area contributed by atoms with Gasteiger partial charge in [0.1, 0.15) is 12.4 Å². The third kappa shape index (κ3) is 6.42. The van der Waals surface area contributed by atoms with Gasteiger partial charge in [-0.15, -0.1) is 0 Å². The minimum absolute atomic E-state index is 0.357. The van der Waals surface area contributed by atoms with Crippen LogP contribution >= 0.6 is 0 Å². The van der Waals surface area contributed by atoms with Gasteiger partial charge >= 0.3 is 5.97 Å². The Hall–Kier alpha value is -3.15. The summed E-state index contributed by atoms with van der Waals surface area (Å²) in [4.78, 5) is 16.1. The zero-order chi connectivity index (χ0) is 22.2. The molecule has 0 unspecified atom stereocenters. The van der Waals surface area contributed by atoms with Gasteiger partial charge in [-0.2, -0.15) is 0 Å². The molecule has 3 aromatic rings. The number of benzene rings is 3. The summed E-state index contributed by atoms with van der Waals surface area (Å²) in [6.45, 7) is 6.39. The minimum atomic E-state index is -0.870. The first-order valence-corrected chi connectivity index (χ1v) is 11.2. The van der Waals surface area contributed by atoms with Crippen LogP contribution in [0.15, 0.2) is 78.9 Å². The molecule has 0 spiro atoms. The molecule has 1 aliphatic heterocycles. The second kappa shape index (κ2) is 10.9. The lowest BCUT2D eigenvalue weighted by Gasteiger charge is -2.22. The minimum Gasteiger partial charge on any atom is -0.489 e. The van der Waals surface area contributed by atoms with Crippen LogP contribution in [0.5, 0.6) is 5.75 Å². The van der Waals surface area contributed by atoms with Gasteiger partial charge in [0.15, 0.2) is 0 Å². The van der Waals surface area contributed by atoms with Crippen molar-refractivity contribution in [1.29, 1.82) is 0 Å². The molecule has 0 bridgehead atoms. The van der Waals surface area contributed by atoms with Crippen molar-refractivity contribution in [3.05, 3.63) is 101 Å². The van der Waals surface area contributed by atoms with Crippen LogP contribution in [0.3, 0.4) is 0 Å². The Kier molecular flexibility index (Phi) is 7.54. The van der Waals surface area contributed by atoms with Gasteiger partial charge in [-0.25, -0.2) is 4.79 Å². The Bertz CT molecular complexity index is 1000. The van der Waals surface area contributed by atoms with Crippen molar-refractivity contribution >= 4 is 5.97 Å². The monoisotopic (exact) mass is 430 g/mol. The summed E-state index contributed by atoms with van der Waals surface area (Å²) in [5, 5.41) is 9.21. The predicted octanol–water partition coefficient (Wildman–Crippen LogP) is 4.67. The quantitative estimate of drug-likeness (QED) is 0.563. The third-order valence-corrected chi connectivity index (χ3v) is 5.84. The van der Waals surface area contributed by atoms with Gasteiger partial charge in [-0.1, -0.05) is 54.6 Å². The van der Waals surface area contributed by atoms with Gasteiger partial charge in [0.2, 0.25) is 0 Å². The van der Waals surface area contributed by atoms with Crippen molar-refractivity contribution in [2.45, 2.75) is 26.1 Å². The van der Waals surface area contributed by atoms with Gasteiger partial charge in [0, 0.05) is 26.2 Å². The first kappa shape index (κ1) is 22.1.